The summed E-state index contributed by atoms with van der Waals surface area (Å²) in [7, 11) is 3.33. The van der Waals surface area contributed by atoms with Gasteiger partial charge in [-0.15, -0.1) is 0 Å². The summed E-state index contributed by atoms with van der Waals surface area (Å²) in [6.45, 7) is 5.51. The second-order valence-electron chi connectivity index (χ2n) is 4.58. The summed E-state index contributed by atoms with van der Waals surface area (Å²) in [5.74, 6) is 1.60. The zero-order chi connectivity index (χ0) is 13.4. The van der Waals surface area contributed by atoms with Gasteiger partial charge in [-0.25, -0.2) is 0 Å². The van der Waals surface area contributed by atoms with Gasteiger partial charge in [0.15, 0.2) is 11.5 Å². The Kier molecular flexibility index (Phi) is 6.58. The summed E-state index contributed by atoms with van der Waals surface area (Å²) in [5.41, 5.74) is 1.29. The van der Waals surface area contributed by atoms with Crippen molar-refractivity contribution in [3.8, 4) is 11.5 Å². The molecule has 1 unspecified atom stereocenters. The summed E-state index contributed by atoms with van der Waals surface area (Å²) < 4.78 is 10.5. The lowest BCUT2D eigenvalue weighted by molar-refractivity contribution is 0.354. The number of ether oxygens (including phenoxy) is 2. The quantitative estimate of drug-likeness (QED) is 0.770. The Morgan fingerprint density at radius 1 is 1.17 bits per heavy atom. The highest BCUT2D eigenvalue weighted by Crippen LogP contribution is 2.28. The van der Waals surface area contributed by atoms with Gasteiger partial charge in [-0.1, -0.05) is 13.0 Å². The topological polar surface area (TPSA) is 30.5 Å². The Labute approximate surface area is 110 Å². The molecule has 0 saturated carbocycles. The molecule has 0 aliphatic rings. The molecule has 0 saturated heterocycles. The molecule has 0 aromatic heterocycles. The first-order valence-corrected chi connectivity index (χ1v) is 6.65. The molecule has 1 aromatic carbocycles. The van der Waals surface area contributed by atoms with Crippen LogP contribution in [-0.4, -0.2) is 26.8 Å². The maximum absolute atomic E-state index is 5.31. The smallest absolute Gasteiger partial charge is 0.160 e. The minimum Gasteiger partial charge on any atom is -0.493 e. The van der Waals surface area contributed by atoms with Crippen LogP contribution in [0.2, 0.25) is 0 Å². The van der Waals surface area contributed by atoms with Crippen molar-refractivity contribution in [2.24, 2.45) is 0 Å². The number of methoxy groups -OCH3 is 2. The van der Waals surface area contributed by atoms with E-state index in [1.54, 1.807) is 14.2 Å². The van der Waals surface area contributed by atoms with E-state index < -0.39 is 0 Å². The van der Waals surface area contributed by atoms with E-state index in [0.29, 0.717) is 6.04 Å². The zero-order valence-electron chi connectivity index (χ0n) is 12.0. The van der Waals surface area contributed by atoms with Gasteiger partial charge < -0.3 is 14.8 Å². The Morgan fingerprint density at radius 2 is 1.89 bits per heavy atom. The lowest BCUT2D eigenvalue weighted by atomic mass is 10.1. The Bertz CT molecular complexity index is 352. The highest BCUT2D eigenvalue weighted by atomic mass is 16.5. The van der Waals surface area contributed by atoms with Crippen LogP contribution in [0.15, 0.2) is 18.2 Å². The molecule has 0 radical (unpaired) electrons. The van der Waals surface area contributed by atoms with Crippen molar-refractivity contribution < 1.29 is 9.47 Å². The Morgan fingerprint density at radius 3 is 2.50 bits per heavy atom. The standard InChI is InChI=1S/C15H25NO2/c1-5-10-16-12(2)6-7-13-8-9-14(17-3)15(11-13)18-4/h8-9,11-12,16H,5-7,10H2,1-4H3. The molecule has 0 bridgehead atoms. The second kappa shape index (κ2) is 7.98. The molecule has 0 fully saturated rings. The molecule has 1 N–H and O–H groups in total. The van der Waals surface area contributed by atoms with Crippen molar-refractivity contribution in [3.05, 3.63) is 23.8 Å². The van der Waals surface area contributed by atoms with E-state index in [2.05, 4.69) is 31.3 Å². The summed E-state index contributed by atoms with van der Waals surface area (Å²) in [6.07, 6.45) is 3.37. The Balaban J connectivity index is 2.52. The molecule has 0 aliphatic carbocycles. The second-order valence-corrected chi connectivity index (χ2v) is 4.58. The van der Waals surface area contributed by atoms with E-state index >= 15 is 0 Å². The fourth-order valence-electron chi connectivity index (χ4n) is 1.91. The summed E-state index contributed by atoms with van der Waals surface area (Å²) in [6, 6.07) is 6.69. The maximum atomic E-state index is 5.31. The van der Waals surface area contributed by atoms with Crippen LogP contribution < -0.4 is 14.8 Å². The van der Waals surface area contributed by atoms with Gasteiger partial charge in [0.1, 0.15) is 0 Å². The Hall–Kier alpha value is -1.22. The SMILES string of the molecule is CCCNC(C)CCc1ccc(OC)c(OC)c1. The molecule has 1 atom stereocenters. The molecule has 1 aromatic rings. The lowest BCUT2D eigenvalue weighted by Crippen LogP contribution is -2.27. The molecule has 0 heterocycles. The fourth-order valence-corrected chi connectivity index (χ4v) is 1.91. The van der Waals surface area contributed by atoms with Crippen molar-refractivity contribution in [3.63, 3.8) is 0 Å². The first-order valence-electron chi connectivity index (χ1n) is 6.65. The predicted octanol–water partition coefficient (Wildman–Crippen LogP) is 3.02. The van der Waals surface area contributed by atoms with Crippen molar-refractivity contribution in [1.82, 2.24) is 5.32 Å². The van der Waals surface area contributed by atoms with Gasteiger partial charge >= 0.3 is 0 Å². The third-order valence-corrected chi connectivity index (χ3v) is 3.06. The number of aryl methyl sites for hydroxylation is 1. The van der Waals surface area contributed by atoms with Crippen LogP contribution >= 0.6 is 0 Å². The van der Waals surface area contributed by atoms with Gasteiger partial charge in [-0.3, -0.25) is 0 Å². The molecule has 0 amide bonds. The third kappa shape index (κ3) is 4.57. The molecule has 18 heavy (non-hydrogen) atoms. The average molecular weight is 251 g/mol. The molecular weight excluding hydrogens is 226 g/mol. The molecule has 1 rings (SSSR count). The van der Waals surface area contributed by atoms with Crippen molar-refractivity contribution in [2.75, 3.05) is 20.8 Å². The van der Waals surface area contributed by atoms with Gasteiger partial charge in [0.25, 0.3) is 0 Å². The minimum atomic E-state index is 0.554. The van der Waals surface area contributed by atoms with E-state index in [1.165, 1.54) is 12.0 Å². The van der Waals surface area contributed by atoms with Gasteiger partial charge in [-0.05, 0) is 50.4 Å². The average Bonchev–Trinajstić information content (AvgIpc) is 2.42. The summed E-state index contributed by atoms with van der Waals surface area (Å²) >= 11 is 0. The number of hydrogen-bond acceptors (Lipinski definition) is 3. The molecule has 3 heteroatoms. The zero-order valence-corrected chi connectivity index (χ0v) is 12.0. The molecule has 0 spiro atoms. The van der Waals surface area contributed by atoms with Crippen molar-refractivity contribution >= 4 is 0 Å². The van der Waals surface area contributed by atoms with Gasteiger partial charge in [-0.2, -0.15) is 0 Å². The monoisotopic (exact) mass is 251 g/mol. The molecule has 0 aliphatic heterocycles. The number of benzene rings is 1. The molecule has 3 nitrogen and oxygen atoms in total. The van der Waals surface area contributed by atoms with E-state index in [9.17, 15) is 0 Å². The minimum absolute atomic E-state index is 0.554. The summed E-state index contributed by atoms with van der Waals surface area (Å²) in [4.78, 5) is 0. The van der Waals surface area contributed by atoms with Crippen molar-refractivity contribution in [2.45, 2.75) is 39.2 Å². The van der Waals surface area contributed by atoms with Crippen LogP contribution in [0.4, 0.5) is 0 Å². The van der Waals surface area contributed by atoms with E-state index in [-0.39, 0.29) is 0 Å². The lowest BCUT2D eigenvalue weighted by Gasteiger charge is -2.14. The summed E-state index contributed by atoms with van der Waals surface area (Å²) in [5, 5.41) is 3.50. The van der Waals surface area contributed by atoms with E-state index in [4.69, 9.17) is 9.47 Å². The van der Waals surface area contributed by atoms with Crippen LogP contribution in [-0.2, 0) is 6.42 Å². The molecular formula is C15H25NO2. The van der Waals surface area contributed by atoms with Crippen LogP contribution in [0.25, 0.3) is 0 Å². The highest BCUT2D eigenvalue weighted by Gasteiger charge is 2.06. The van der Waals surface area contributed by atoms with Crippen LogP contribution in [0.5, 0.6) is 11.5 Å². The molecule has 102 valence electrons. The van der Waals surface area contributed by atoms with Crippen LogP contribution in [0, 0.1) is 0 Å². The number of hydrogen-bond donors (Lipinski definition) is 1. The van der Waals surface area contributed by atoms with E-state index in [0.717, 1.165) is 30.9 Å². The largest absolute Gasteiger partial charge is 0.493 e. The fraction of sp³-hybridized carbons (Fsp3) is 0.600. The highest BCUT2D eigenvalue weighted by molar-refractivity contribution is 5.42. The van der Waals surface area contributed by atoms with E-state index in [1.807, 2.05) is 6.07 Å². The van der Waals surface area contributed by atoms with Crippen LogP contribution in [0.3, 0.4) is 0 Å². The van der Waals surface area contributed by atoms with Crippen molar-refractivity contribution in [1.29, 1.82) is 0 Å². The van der Waals surface area contributed by atoms with Gasteiger partial charge in [0.05, 0.1) is 14.2 Å². The maximum Gasteiger partial charge on any atom is 0.160 e. The predicted molar refractivity (Wildman–Crippen MR) is 75.6 cm³/mol. The third-order valence-electron chi connectivity index (χ3n) is 3.06. The number of nitrogens with one attached hydrogen (secondary N) is 1. The number of rotatable bonds is 8. The van der Waals surface area contributed by atoms with Crippen LogP contribution in [0.1, 0.15) is 32.3 Å². The normalized spacial score (nSPS) is 12.2. The van der Waals surface area contributed by atoms with Gasteiger partial charge in [0, 0.05) is 6.04 Å². The first kappa shape index (κ1) is 14.8. The van der Waals surface area contributed by atoms with Gasteiger partial charge in [0.2, 0.25) is 0 Å². The first-order chi connectivity index (χ1) is 8.71.